The maximum atomic E-state index is 12.7. The van der Waals surface area contributed by atoms with E-state index in [4.69, 9.17) is 5.84 Å². The molecule has 2 N–H and O–H groups in total. The van der Waals surface area contributed by atoms with Gasteiger partial charge in [-0.15, -0.1) is 10.2 Å². The van der Waals surface area contributed by atoms with Gasteiger partial charge in [0, 0.05) is 12.5 Å². The lowest BCUT2D eigenvalue weighted by molar-refractivity contribution is -0.129. The van der Waals surface area contributed by atoms with Crippen molar-refractivity contribution in [2.24, 2.45) is 0 Å². The van der Waals surface area contributed by atoms with Crippen LogP contribution in [0, 0.1) is 0 Å². The van der Waals surface area contributed by atoms with E-state index in [1.165, 1.54) is 27.6 Å². The molecule has 0 spiro atoms. The van der Waals surface area contributed by atoms with Crippen molar-refractivity contribution < 1.29 is 4.79 Å². The summed E-state index contributed by atoms with van der Waals surface area (Å²) in [4.78, 5) is 14.6. The van der Waals surface area contributed by atoms with E-state index in [9.17, 15) is 4.79 Å². The second-order valence-corrected chi connectivity index (χ2v) is 8.77. The number of carbonyl (C=O) groups excluding carboxylic acids is 1. The van der Waals surface area contributed by atoms with Gasteiger partial charge in [-0.25, -0.2) is 4.68 Å². The average molecular weight is 374 g/mol. The third kappa shape index (κ3) is 3.72. The monoisotopic (exact) mass is 373 g/mol. The molecular weight excluding hydrogens is 346 g/mol. The number of thioether (sulfide) groups is 1. The normalized spacial score (nSPS) is 17.0. The average Bonchev–Trinajstić information content (AvgIpc) is 2.99. The summed E-state index contributed by atoms with van der Waals surface area (Å²) >= 11 is 1.34. The van der Waals surface area contributed by atoms with Crippen molar-refractivity contribution in [3.63, 3.8) is 0 Å². The highest BCUT2D eigenvalue weighted by Crippen LogP contribution is 2.34. The summed E-state index contributed by atoms with van der Waals surface area (Å²) in [6.45, 7) is 6.11. The molecule has 7 heteroatoms. The fraction of sp³-hybridized carbons (Fsp3) is 0.526. The van der Waals surface area contributed by atoms with Gasteiger partial charge in [-0.2, -0.15) is 0 Å². The smallest absolute Gasteiger partial charge is 0.233 e. The molecule has 0 saturated carbocycles. The van der Waals surface area contributed by atoms with Crippen LogP contribution in [0.15, 0.2) is 29.4 Å². The highest BCUT2D eigenvalue weighted by molar-refractivity contribution is 7.99. The molecule has 1 atom stereocenters. The fourth-order valence-corrected chi connectivity index (χ4v) is 4.20. The maximum absolute atomic E-state index is 12.7. The SMILES string of the molecule is CN(C(=O)CSc1nnc(C(C)(C)C)n1N)C1CCCc2ccccc21. The number of aryl methyl sites for hydroxylation is 1. The zero-order valence-corrected chi connectivity index (χ0v) is 16.7. The summed E-state index contributed by atoms with van der Waals surface area (Å²) in [7, 11) is 1.89. The van der Waals surface area contributed by atoms with Crippen LogP contribution in [-0.2, 0) is 16.6 Å². The number of hydrogen-bond acceptors (Lipinski definition) is 5. The topological polar surface area (TPSA) is 77.0 Å². The van der Waals surface area contributed by atoms with Gasteiger partial charge in [-0.3, -0.25) is 4.79 Å². The van der Waals surface area contributed by atoms with Gasteiger partial charge in [-0.05, 0) is 30.4 Å². The molecule has 2 aromatic rings. The number of fused-ring (bicyclic) bond motifs is 1. The van der Waals surface area contributed by atoms with E-state index >= 15 is 0 Å². The first kappa shape index (κ1) is 18.8. The van der Waals surface area contributed by atoms with Crippen LogP contribution < -0.4 is 5.84 Å². The van der Waals surface area contributed by atoms with E-state index in [0.29, 0.717) is 16.7 Å². The highest BCUT2D eigenvalue weighted by atomic mass is 32.2. The van der Waals surface area contributed by atoms with E-state index in [-0.39, 0.29) is 17.4 Å². The first-order valence-electron chi connectivity index (χ1n) is 8.96. The lowest BCUT2D eigenvalue weighted by Crippen LogP contribution is -2.34. The van der Waals surface area contributed by atoms with Crippen LogP contribution in [0.2, 0.25) is 0 Å². The van der Waals surface area contributed by atoms with Crippen molar-refractivity contribution in [1.82, 2.24) is 19.8 Å². The highest BCUT2D eigenvalue weighted by Gasteiger charge is 2.27. The lowest BCUT2D eigenvalue weighted by atomic mass is 9.87. The van der Waals surface area contributed by atoms with E-state index in [1.807, 2.05) is 32.7 Å². The molecule has 1 aromatic carbocycles. The fourth-order valence-electron chi connectivity index (χ4n) is 3.42. The van der Waals surface area contributed by atoms with Gasteiger partial charge in [0.1, 0.15) is 0 Å². The molecule has 0 radical (unpaired) electrons. The van der Waals surface area contributed by atoms with Crippen LogP contribution in [0.4, 0.5) is 0 Å². The summed E-state index contributed by atoms with van der Waals surface area (Å²) in [6.07, 6.45) is 3.21. The van der Waals surface area contributed by atoms with E-state index in [2.05, 4.69) is 34.5 Å². The number of benzene rings is 1. The van der Waals surface area contributed by atoms with E-state index < -0.39 is 0 Å². The number of nitrogen functional groups attached to an aromatic ring is 1. The zero-order valence-electron chi connectivity index (χ0n) is 15.9. The molecule has 1 unspecified atom stereocenters. The minimum Gasteiger partial charge on any atom is -0.338 e. The summed E-state index contributed by atoms with van der Waals surface area (Å²) < 4.78 is 1.49. The third-order valence-electron chi connectivity index (χ3n) is 4.86. The number of nitrogens with zero attached hydrogens (tertiary/aromatic N) is 4. The Kier molecular flexibility index (Phi) is 5.27. The first-order valence-corrected chi connectivity index (χ1v) is 9.95. The summed E-state index contributed by atoms with van der Waals surface area (Å²) in [6, 6.07) is 8.57. The molecule has 26 heavy (non-hydrogen) atoms. The zero-order chi connectivity index (χ0) is 18.9. The molecule has 1 heterocycles. The van der Waals surface area contributed by atoms with Gasteiger partial charge < -0.3 is 10.7 Å². The van der Waals surface area contributed by atoms with E-state index in [0.717, 1.165) is 19.3 Å². The molecule has 1 aromatic heterocycles. The van der Waals surface area contributed by atoms with E-state index in [1.54, 1.807) is 0 Å². The molecule has 0 bridgehead atoms. The van der Waals surface area contributed by atoms with Crippen molar-refractivity contribution in [3.05, 3.63) is 41.2 Å². The number of carbonyl (C=O) groups is 1. The molecule has 3 rings (SSSR count). The Morgan fingerprint density at radius 2 is 2.08 bits per heavy atom. The lowest BCUT2D eigenvalue weighted by Gasteiger charge is -2.33. The third-order valence-corrected chi connectivity index (χ3v) is 5.79. The molecular formula is C19H27N5OS. The van der Waals surface area contributed by atoms with Gasteiger partial charge in [0.2, 0.25) is 11.1 Å². The Labute approximate surface area is 159 Å². The molecule has 1 amide bonds. The Morgan fingerprint density at radius 3 is 2.77 bits per heavy atom. The predicted molar refractivity (Wildman–Crippen MR) is 104 cm³/mol. The summed E-state index contributed by atoms with van der Waals surface area (Å²) in [5.41, 5.74) is 2.44. The molecule has 6 nitrogen and oxygen atoms in total. The number of nitrogens with two attached hydrogens (primary N) is 1. The Hall–Kier alpha value is -2.02. The summed E-state index contributed by atoms with van der Waals surface area (Å²) in [5.74, 6) is 7.19. The molecule has 0 aliphatic heterocycles. The molecule has 0 fully saturated rings. The van der Waals surface area contributed by atoms with Crippen LogP contribution in [0.1, 0.15) is 56.6 Å². The van der Waals surface area contributed by atoms with Crippen LogP contribution >= 0.6 is 11.8 Å². The predicted octanol–water partition coefficient (Wildman–Crippen LogP) is 2.92. The van der Waals surface area contributed by atoms with Crippen LogP contribution in [0.3, 0.4) is 0 Å². The molecule has 0 saturated heterocycles. The van der Waals surface area contributed by atoms with Crippen molar-refractivity contribution in [1.29, 1.82) is 0 Å². The number of aromatic nitrogens is 3. The van der Waals surface area contributed by atoms with Crippen LogP contribution in [0.25, 0.3) is 0 Å². The van der Waals surface area contributed by atoms with Crippen LogP contribution in [0.5, 0.6) is 0 Å². The quantitative estimate of drug-likeness (QED) is 0.659. The second-order valence-electron chi connectivity index (χ2n) is 7.83. The Morgan fingerprint density at radius 1 is 1.35 bits per heavy atom. The minimum absolute atomic E-state index is 0.0806. The summed E-state index contributed by atoms with van der Waals surface area (Å²) in [5, 5.41) is 8.88. The second kappa shape index (κ2) is 7.31. The largest absolute Gasteiger partial charge is 0.338 e. The van der Waals surface area contributed by atoms with Gasteiger partial charge in [0.15, 0.2) is 5.82 Å². The Bertz CT molecular complexity index is 795. The van der Waals surface area contributed by atoms with Crippen molar-refractivity contribution in [3.8, 4) is 0 Å². The van der Waals surface area contributed by atoms with Gasteiger partial charge in [0.05, 0.1) is 11.8 Å². The Balaban J connectivity index is 1.67. The molecule has 1 aliphatic rings. The van der Waals surface area contributed by atoms with Gasteiger partial charge in [0.25, 0.3) is 0 Å². The maximum Gasteiger partial charge on any atom is 0.233 e. The molecule has 140 valence electrons. The van der Waals surface area contributed by atoms with Crippen molar-refractivity contribution >= 4 is 17.7 Å². The van der Waals surface area contributed by atoms with Gasteiger partial charge in [-0.1, -0.05) is 56.8 Å². The number of hydrogen-bond donors (Lipinski definition) is 1. The van der Waals surface area contributed by atoms with Gasteiger partial charge >= 0.3 is 0 Å². The minimum atomic E-state index is -0.187. The van der Waals surface area contributed by atoms with Crippen LogP contribution in [-0.4, -0.2) is 38.5 Å². The number of amides is 1. The van der Waals surface area contributed by atoms with Crippen molar-refractivity contribution in [2.75, 3.05) is 18.6 Å². The standard InChI is InChI=1S/C19H27N5OS/c1-19(2,3)17-21-22-18(24(17)20)26-12-16(25)23(4)15-11-7-9-13-8-5-6-10-14(13)15/h5-6,8,10,15H,7,9,11-12,20H2,1-4H3. The first-order chi connectivity index (χ1) is 12.3. The van der Waals surface area contributed by atoms with Crippen molar-refractivity contribution in [2.45, 2.75) is 56.6 Å². The molecule has 1 aliphatic carbocycles. The number of rotatable bonds is 4.